The molecule has 2 N–H and O–H groups in total. The van der Waals surface area contributed by atoms with E-state index in [4.69, 9.17) is 10.5 Å². The average Bonchev–Trinajstić information content (AvgIpc) is 3.16. The van der Waals surface area contributed by atoms with E-state index in [0.29, 0.717) is 35.6 Å². The van der Waals surface area contributed by atoms with Crippen LogP contribution in [0.5, 0.6) is 5.75 Å². The minimum absolute atomic E-state index is 0.0520. The van der Waals surface area contributed by atoms with E-state index in [9.17, 15) is 9.18 Å². The summed E-state index contributed by atoms with van der Waals surface area (Å²) in [5.74, 6) is 6.03. The Balaban J connectivity index is 1.60. The first-order valence-corrected chi connectivity index (χ1v) is 9.84. The largest absolute Gasteiger partial charge is 0.481 e. The summed E-state index contributed by atoms with van der Waals surface area (Å²) in [6.45, 7) is 4.80. The second-order valence-electron chi connectivity index (χ2n) is 7.08. The summed E-state index contributed by atoms with van der Waals surface area (Å²) >= 11 is 0. The van der Waals surface area contributed by atoms with Crippen molar-refractivity contribution in [2.24, 2.45) is 0 Å². The summed E-state index contributed by atoms with van der Waals surface area (Å²) in [6.07, 6.45) is 4.39. The number of nitrogens with two attached hydrogens (primary N) is 1. The first-order valence-electron chi connectivity index (χ1n) is 9.84. The third kappa shape index (κ3) is 4.33. The normalized spacial score (nSPS) is 15.9. The van der Waals surface area contributed by atoms with Crippen LogP contribution in [0.15, 0.2) is 43.2 Å². The van der Waals surface area contributed by atoms with Crippen molar-refractivity contribution in [3.05, 3.63) is 54.8 Å². The fourth-order valence-electron chi connectivity index (χ4n) is 3.62. The summed E-state index contributed by atoms with van der Waals surface area (Å²) in [7, 11) is 0. The number of halogens is 1. The molecule has 1 unspecified atom stereocenters. The van der Waals surface area contributed by atoms with Gasteiger partial charge in [-0.15, -0.1) is 0 Å². The zero-order chi connectivity index (χ0) is 21.8. The van der Waals surface area contributed by atoms with E-state index >= 15 is 0 Å². The van der Waals surface area contributed by atoms with Gasteiger partial charge in [-0.05, 0) is 37.0 Å². The van der Waals surface area contributed by atoms with Crippen LogP contribution in [-0.2, 0) is 4.79 Å². The van der Waals surface area contributed by atoms with Crippen LogP contribution in [-0.4, -0.2) is 50.3 Å². The predicted octanol–water partition coefficient (Wildman–Crippen LogP) is 2.33. The molecule has 1 aliphatic rings. The van der Waals surface area contributed by atoms with Crippen molar-refractivity contribution in [1.82, 2.24) is 24.6 Å². The van der Waals surface area contributed by atoms with Crippen LogP contribution in [0, 0.1) is 17.7 Å². The van der Waals surface area contributed by atoms with Gasteiger partial charge >= 0.3 is 0 Å². The average molecular weight is 420 g/mol. The number of fused-ring (bicyclic) bond motifs is 1. The zero-order valence-corrected chi connectivity index (χ0v) is 16.8. The van der Waals surface area contributed by atoms with Gasteiger partial charge in [0, 0.05) is 19.2 Å². The summed E-state index contributed by atoms with van der Waals surface area (Å²) < 4.78 is 20.5. The third-order valence-corrected chi connectivity index (χ3v) is 5.06. The summed E-state index contributed by atoms with van der Waals surface area (Å²) in [4.78, 5) is 22.2. The van der Waals surface area contributed by atoms with Gasteiger partial charge in [-0.25, -0.2) is 19.0 Å². The van der Waals surface area contributed by atoms with Crippen LogP contribution in [0.25, 0.3) is 11.0 Å². The second-order valence-corrected chi connectivity index (χ2v) is 7.08. The molecular weight excluding hydrogens is 399 g/mol. The molecule has 4 rings (SSSR count). The maximum absolute atomic E-state index is 13.3. The van der Waals surface area contributed by atoms with Crippen molar-refractivity contribution < 1.29 is 13.9 Å². The first-order chi connectivity index (χ1) is 15.1. The minimum Gasteiger partial charge on any atom is -0.481 e. The first kappa shape index (κ1) is 20.3. The molecule has 9 heteroatoms. The fraction of sp³-hybridized carbons (Fsp3) is 0.273. The number of nitrogens with zero attached hydrogens (tertiary/aromatic N) is 5. The Labute approximate surface area is 178 Å². The molecule has 0 saturated carbocycles. The van der Waals surface area contributed by atoms with Crippen molar-refractivity contribution in [2.75, 3.05) is 25.4 Å². The van der Waals surface area contributed by atoms with Gasteiger partial charge in [0.2, 0.25) is 5.91 Å². The molecule has 1 aromatic carbocycles. The Morgan fingerprint density at radius 3 is 3.10 bits per heavy atom. The number of piperidine rings is 1. The summed E-state index contributed by atoms with van der Waals surface area (Å²) in [5, 5.41) is 5.20. The number of nitrogen functional groups attached to an aromatic ring is 1. The van der Waals surface area contributed by atoms with Gasteiger partial charge in [0.15, 0.2) is 5.65 Å². The van der Waals surface area contributed by atoms with E-state index in [0.717, 1.165) is 12.8 Å². The molecule has 2 aromatic heterocycles. The summed E-state index contributed by atoms with van der Waals surface area (Å²) in [5.41, 5.74) is 7.09. The molecular formula is C22H21FN6O2. The number of likely N-dealkylation sites (tertiary alicyclic amines) is 1. The monoisotopic (exact) mass is 420 g/mol. The third-order valence-electron chi connectivity index (χ3n) is 5.06. The van der Waals surface area contributed by atoms with E-state index in [-0.39, 0.29) is 30.2 Å². The topological polar surface area (TPSA) is 99.2 Å². The number of hydrogen-bond acceptors (Lipinski definition) is 6. The molecule has 31 heavy (non-hydrogen) atoms. The van der Waals surface area contributed by atoms with Crippen molar-refractivity contribution >= 4 is 22.8 Å². The highest BCUT2D eigenvalue weighted by atomic mass is 19.1. The van der Waals surface area contributed by atoms with E-state index in [2.05, 4.69) is 33.5 Å². The lowest BCUT2D eigenvalue weighted by Gasteiger charge is -2.32. The molecule has 0 spiro atoms. The second kappa shape index (κ2) is 8.83. The highest BCUT2D eigenvalue weighted by molar-refractivity contribution is 5.90. The number of anilines is 1. The van der Waals surface area contributed by atoms with Crippen LogP contribution < -0.4 is 10.5 Å². The van der Waals surface area contributed by atoms with Crippen LogP contribution in [0.1, 0.15) is 24.6 Å². The van der Waals surface area contributed by atoms with Gasteiger partial charge in [-0.2, -0.15) is 5.10 Å². The molecule has 0 aliphatic carbocycles. The number of aromatic nitrogens is 4. The minimum atomic E-state index is -0.378. The van der Waals surface area contributed by atoms with E-state index in [1.165, 1.54) is 24.5 Å². The molecule has 8 nitrogen and oxygen atoms in total. The van der Waals surface area contributed by atoms with Gasteiger partial charge in [0.1, 0.15) is 36.0 Å². The Hall–Kier alpha value is -3.93. The van der Waals surface area contributed by atoms with E-state index in [1.54, 1.807) is 21.7 Å². The van der Waals surface area contributed by atoms with Gasteiger partial charge in [0.25, 0.3) is 0 Å². The lowest BCUT2D eigenvalue weighted by atomic mass is 10.1. The molecule has 1 atom stereocenters. The molecule has 0 bridgehead atoms. The smallest absolute Gasteiger partial charge is 0.246 e. The van der Waals surface area contributed by atoms with Crippen LogP contribution in [0.4, 0.5) is 10.2 Å². The zero-order valence-electron chi connectivity index (χ0n) is 16.8. The quantitative estimate of drug-likeness (QED) is 0.514. The number of rotatable bonds is 4. The van der Waals surface area contributed by atoms with Crippen molar-refractivity contribution in [1.29, 1.82) is 0 Å². The van der Waals surface area contributed by atoms with Crippen molar-refractivity contribution in [2.45, 2.75) is 18.9 Å². The maximum atomic E-state index is 13.3. The standard InChI is InChI=1S/C22H21FN6O2/c1-2-19(30)28-10-4-7-16(13-28)29-22-20(21(24)25-14-26-22)18(27-29)9-5-11-31-17-8-3-6-15(23)12-17/h2-3,6,8,12,14,16H,1,4,7,10-11,13H2,(H2,24,25,26). The molecule has 0 radical (unpaired) electrons. The lowest BCUT2D eigenvalue weighted by Crippen LogP contribution is -2.40. The SMILES string of the molecule is C=CC(=O)N1CCCC(n2nc(C#CCOc3cccc(F)c3)c3c(N)ncnc32)C1. The Kier molecular flexibility index (Phi) is 5.80. The Morgan fingerprint density at radius 2 is 2.29 bits per heavy atom. The van der Waals surface area contributed by atoms with Crippen molar-refractivity contribution in [3.8, 4) is 17.6 Å². The number of hydrogen-bond donors (Lipinski definition) is 1. The molecule has 3 heterocycles. The molecule has 1 aliphatic heterocycles. The highest BCUT2D eigenvalue weighted by Gasteiger charge is 2.27. The molecule has 1 amide bonds. The maximum Gasteiger partial charge on any atom is 0.246 e. The lowest BCUT2D eigenvalue weighted by molar-refractivity contribution is -0.127. The highest BCUT2D eigenvalue weighted by Crippen LogP contribution is 2.28. The molecule has 158 valence electrons. The van der Waals surface area contributed by atoms with E-state index < -0.39 is 0 Å². The van der Waals surface area contributed by atoms with Gasteiger partial charge in [-0.1, -0.05) is 18.6 Å². The van der Waals surface area contributed by atoms with Gasteiger partial charge in [-0.3, -0.25) is 4.79 Å². The van der Waals surface area contributed by atoms with Crippen molar-refractivity contribution in [3.63, 3.8) is 0 Å². The summed E-state index contributed by atoms with van der Waals surface area (Å²) in [6, 6.07) is 5.79. The molecule has 1 saturated heterocycles. The molecule has 1 fully saturated rings. The van der Waals surface area contributed by atoms with E-state index in [1.807, 2.05) is 0 Å². The number of ether oxygens (including phenoxy) is 1. The Morgan fingerprint density at radius 1 is 1.42 bits per heavy atom. The van der Waals surface area contributed by atoms with Gasteiger partial charge in [0.05, 0.1) is 11.4 Å². The fourth-order valence-corrected chi connectivity index (χ4v) is 3.62. The van der Waals surface area contributed by atoms with Crippen LogP contribution >= 0.6 is 0 Å². The van der Waals surface area contributed by atoms with Gasteiger partial charge < -0.3 is 15.4 Å². The van der Waals surface area contributed by atoms with Crippen LogP contribution in [0.3, 0.4) is 0 Å². The molecule has 3 aromatic rings. The predicted molar refractivity (Wildman–Crippen MR) is 114 cm³/mol. The number of benzene rings is 1. The Bertz CT molecular complexity index is 1200. The van der Waals surface area contributed by atoms with Crippen LogP contribution in [0.2, 0.25) is 0 Å². The number of carbonyl (C=O) groups excluding carboxylic acids is 1. The number of amides is 1. The number of carbonyl (C=O) groups is 1.